The van der Waals surface area contributed by atoms with Gasteiger partial charge in [0.2, 0.25) is 0 Å². The fourth-order valence-electron chi connectivity index (χ4n) is 3.33. The van der Waals surface area contributed by atoms with Crippen LogP contribution in [-0.4, -0.2) is 38.2 Å². The minimum atomic E-state index is 0.479. The highest BCUT2D eigenvalue weighted by atomic mass is 35.5. The molecule has 1 aliphatic rings. The molecule has 1 aromatic carbocycles. The predicted octanol–water partition coefficient (Wildman–Crippen LogP) is 3.39. The minimum Gasteiger partial charge on any atom is -0.299 e. The number of H-pyrrole nitrogens is 1. The Balaban J connectivity index is 1.43. The van der Waals surface area contributed by atoms with Gasteiger partial charge in [-0.05, 0) is 43.6 Å². The van der Waals surface area contributed by atoms with E-state index < -0.39 is 0 Å². The van der Waals surface area contributed by atoms with E-state index in [-0.39, 0.29) is 0 Å². The first kappa shape index (κ1) is 14.6. The van der Waals surface area contributed by atoms with E-state index in [1.54, 1.807) is 12.4 Å². The topological polar surface area (TPSA) is 57.7 Å². The summed E-state index contributed by atoms with van der Waals surface area (Å²) >= 11 is 6.07. The van der Waals surface area contributed by atoms with Gasteiger partial charge in [-0.2, -0.15) is 5.10 Å². The molecular weight excluding hydrogens is 310 g/mol. The molecule has 3 heterocycles. The summed E-state index contributed by atoms with van der Waals surface area (Å²) in [7, 11) is 0. The molecule has 1 N–H and O–H groups in total. The van der Waals surface area contributed by atoms with Gasteiger partial charge in [0, 0.05) is 29.9 Å². The van der Waals surface area contributed by atoms with Gasteiger partial charge in [0.25, 0.3) is 0 Å². The number of hydrogen-bond donors (Lipinski definition) is 1. The summed E-state index contributed by atoms with van der Waals surface area (Å²) in [6.07, 6.45) is 5.62. The number of aromatic amines is 1. The first-order valence-corrected chi connectivity index (χ1v) is 8.29. The van der Waals surface area contributed by atoms with Gasteiger partial charge >= 0.3 is 0 Å². The van der Waals surface area contributed by atoms with Crippen LogP contribution in [0.4, 0.5) is 0 Å². The molecule has 4 rings (SSSR count). The zero-order valence-electron chi connectivity index (χ0n) is 12.7. The first-order valence-electron chi connectivity index (χ1n) is 7.91. The fraction of sp³-hybridized carbons (Fsp3) is 0.353. The molecule has 0 amide bonds. The number of halogens is 1. The number of benzene rings is 1. The quantitative estimate of drug-likeness (QED) is 0.801. The van der Waals surface area contributed by atoms with Crippen LogP contribution in [-0.2, 0) is 6.54 Å². The van der Waals surface area contributed by atoms with Gasteiger partial charge in [0.05, 0.1) is 5.69 Å². The summed E-state index contributed by atoms with van der Waals surface area (Å²) in [6.45, 7) is 3.09. The molecule has 1 saturated heterocycles. The molecule has 118 valence electrons. The average molecular weight is 328 g/mol. The number of hydrogen-bond acceptors (Lipinski definition) is 4. The molecule has 0 saturated carbocycles. The van der Waals surface area contributed by atoms with E-state index in [4.69, 9.17) is 11.6 Å². The van der Waals surface area contributed by atoms with Crippen LogP contribution >= 0.6 is 11.6 Å². The van der Waals surface area contributed by atoms with Gasteiger partial charge < -0.3 is 0 Å². The summed E-state index contributed by atoms with van der Waals surface area (Å²) < 4.78 is 0. The third-order valence-corrected chi connectivity index (χ3v) is 4.74. The van der Waals surface area contributed by atoms with E-state index in [1.165, 1.54) is 5.56 Å². The van der Waals surface area contributed by atoms with Crippen molar-refractivity contribution >= 4 is 22.8 Å². The number of fused-ring (bicyclic) bond motifs is 1. The van der Waals surface area contributed by atoms with Crippen molar-refractivity contribution in [3.05, 3.63) is 52.9 Å². The second kappa shape index (κ2) is 6.26. The largest absolute Gasteiger partial charge is 0.299 e. The Morgan fingerprint density at radius 2 is 2.00 bits per heavy atom. The van der Waals surface area contributed by atoms with E-state index in [0.717, 1.165) is 48.7 Å². The Morgan fingerprint density at radius 1 is 1.17 bits per heavy atom. The smallest absolute Gasteiger partial charge is 0.199 e. The van der Waals surface area contributed by atoms with Crippen molar-refractivity contribution in [3.8, 4) is 0 Å². The molecule has 2 aromatic heterocycles. The molecule has 23 heavy (non-hydrogen) atoms. The summed E-state index contributed by atoms with van der Waals surface area (Å²) in [6, 6.07) is 8.11. The van der Waals surface area contributed by atoms with E-state index in [0.29, 0.717) is 11.6 Å². The van der Waals surface area contributed by atoms with Crippen LogP contribution in [0.1, 0.15) is 30.0 Å². The highest BCUT2D eigenvalue weighted by Crippen LogP contribution is 2.30. The van der Waals surface area contributed by atoms with Crippen LogP contribution in [0.25, 0.3) is 11.2 Å². The molecule has 1 aliphatic heterocycles. The lowest BCUT2D eigenvalue weighted by Gasteiger charge is -2.31. The Morgan fingerprint density at radius 3 is 2.83 bits per heavy atom. The SMILES string of the molecule is Clc1cccc(CN2CCC(c3[nH]nc4nccnc34)CC2)c1. The summed E-state index contributed by atoms with van der Waals surface area (Å²) in [5.74, 6) is 0.479. The van der Waals surface area contributed by atoms with Crippen molar-refractivity contribution in [2.24, 2.45) is 0 Å². The third-order valence-electron chi connectivity index (χ3n) is 4.51. The van der Waals surface area contributed by atoms with Gasteiger partial charge in [-0.15, -0.1) is 0 Å². The molecule has 0 aliphatic carbocycles. The third kappa shape index (κ3) is 3.07. The summed E-state index contributed by atoms with van der Waals surface area (Å²) in [4.78, 5) is 11.2. The highest BCUT2D eigenvalue weighted by Gasteiger charge is 2.24. The van der Waals surface area contributed by atoms with Crippen LogP contribution in [0.2, 0.25) is 5.02 Å². The number of nitrogens with one attached hydrogen (secondary N) is 1. The normalized spacial score (nSPS) is 16.9. The second-order valence-corrected chi connectivity index (χ2v) is 6.48. The maximum absolute atomic E-state index is 6.07. The van der Waals surface area contributed by atoms with Crippen molar-refractivity contribution in [2.75, 3.05) is 13.1 Å². The number of likely N-dealkylation sites (tertiary alicyclic amines) is 1. The lowest BCUT2D eigenvalue weighted by atomic mass is 9.93. The molecule has 5 nitrogen and oxygen atoms in total. The van der Waals surface area contributed by atoms with E-state index in [1.807, 2.05) is 18.2 Å². The monoisotopic (exact) mass is 327 g/mol. The maximum atomic E-state index is 6.07. The number of piperidine rings is 1. The summed E-state index contributed by atoms with van der Waals surface area (Å²) in [5.41, 5.74) is 4.04. The van der Waals surface area contributed by atoms with Gasteiger partial charge in [-0.25, -0.2) is 9.97 Å². The Kier molecular flexibility index (Phi) is 3.97. The predicted molar refractivity (Wildman–Crippen MR) is 90.4 cm³/mol. The van der Waals surface area contributed by atoms with Gasteiger partial charge in [-0.1, -0.05) is 23.7 Å². The van der Waals surface area contributed by atoms with E-state index in [9.17, 15) is 0 Å². The van der Waals surface area contributed by atoms with Gasteiger partial charge in [-0.3, -0.25) is 10.00 Å². The van der Waals surface area contributed by atoms with Crippen molar-refractivity contribution < 1.29 is 0 Å². The molecule has 0 atom stereocenters. The van der Waals surface area contributed by atoms with Crippen molar-refractivity contribution in [1.29, 1.82) is 0 Å². The van der Waals surface area contributed by atoms with Gasteiger partial charge in [0.1, 0.15) is 5.52 Å². The summed E-state index contributed by atoms with van der Waals surface area (Å²) in [5, 5.41) is 8.21. The Hall–Kier alpha value is -1.98. The lowest BCUT2D eigenvalue weighted by molar-refractivity contribution is 0.203. The fourth-order valence-corrected chi connectivity index (χ4v) is 3.54. The highest BCUT2D eigenvalue weighted by molar-refractivity contribution is 6.30. The zero-order chi connectivity index (χ0) is 15.6. The molecule has 0 spiro atoms. The van der Waals surface area contributed by atoms with E-state index in [2.05, 4.69) is 31.1 Å². The van der Waals surface area contributed by atoms with Crippen LogP contribution in [0.5, 0.6) is 0 Å². The van der Waals surface area contributed by atoms with Crippen molar-refractivity contribution in [2.45, 2.75) is 25.3 Å². The lowest BCUT2D eigenvalue weighted by Crippen LogP contribution is -2.32. The molecule has 0 radical (unpaired) electrons. The van der Waals surface area contributed by atoms with E-state index >= 15 is 0 Å². The van der Waals surface area contributed by atoms with Crippen LogP contribution < -0.4 is 0 Å². The molecule has 0 unspecified atom stereocenters. The molecule has 0 bridgehead atoms. The Labute approximate surface area is 139 Å². The first-order chi connectivity index (χ1) is 11.3. The van der Waals surface area contributed by atoms with Crippen molar-refractivity contribution in [3.63, 3.8) is 0 Å². The number of nitrogens with zero attached hydrogens (tertiary/aromatic N) is 4. The molecule has 3 aromatic rings. The minimum absolute atomic E-state index is 0.479. The van der Waals surface area contributed by atoms with Crippen LogP contribution in [0.3, 0.4) is 0 Å². The Bertz CT molecular complexity index is 807. The zero-order valence-corrected chi connectivity index (χ0v) is 13.5. The molecular formula is C17H18ClN5. The van der Waals surface area contributed by atoms with Crippen LogP contribution in [0, 0.1) is 0 Å². The standard InChI is InChI=1S/C17H18ClN5/c18-14-3-1-2-12(10-14)11-23-8-4-13(5-9-23)15-16-17(22-21-15)20-7-6-19-16/h1-3,6-7,10,13H,4-5,8-9,11H2,(H,20,21,22). The number of rotatable bonds is 3. The molecule has 1 fully saturated rings. The van der Waals surface area contributed by atoms with Gasteiger partial charge in [0.15, 0.2) is 5.65 Å². The van der Waals surface area contributed by atoms with Crippen molar-refractivity contribution in [1.82, 2.24) is 25.1 Å². The second-order valence-electron chi connectivity index (χ2n) is 6.05. The average Bonchev–Trinajstić information content (AvgIpc) is 3.00. The maximum Gasteiger partial charge on any atom is 0.199 e. The molecule has 6 heteroatoms. The number of aromatic nitrogens is 4. The van der Waals surface area contributed by atoms with Crippen LogP contribution in [0.15, 0.2) is 36.7 Å².